The van der Waals surface area contributed by atoms with Crippen LogP contribution in [0.3, 0.4) is 0 Å². The summed E-state index contributed by atoms with van der Waals surface area (Å²) in [6.07, 6.45) is 0. The average Bonchev–Trinajstić information content (AvgIpc) is 2.30. The molecule has 0 N–H and O–H groups in total. The van der Waals surface area contributed by atoms with Crippen molar-refractivity contribution < 1.29 is 9.18 Å². The number of hydrogen-bond donors (Lipinski definition) is 0. The van der Waals surface area contributed by atoms with Crippen LogP contribution in [0.25, 0.3) is 0 Å². The number of carbonyl (C=O) groups is 1. The maximum atomic E-state index is 13.4. The van der Waals surface area contributed by atoms with Gasteiger partial charge in [0.1, 0.15) is 5.82 Å². The van der Waals surface area contributed by atoms with Crippen LogP contribution in [0.15, 0.2) is 36.4 Å². The fourth-order valence-electron chi connectivity index (χ4n) is 1.77. The Morgan fingerprint density at radius 3 is 2.39 bits per heavy atom. The molecule has 0 aliphatic rings. The van der Waals surface area contributed by atoms with Gasteiger partial charge in [-0.2, -0.15) is 0 Å². The Hall–Kier alpha value is -1.67. The lowest BCUT2D eigenvalue weighted by Crippen LogP contribution is -2.02. The molecule has 18 heavy (non-hydrogen) atoms. The van der Waals surface area contributed by atoms with E-state index in [2.05, 4.69) is 0 Å². The molecule has 0 bridgehead atoms. The van der Waals surface area contributed by atoms with E-state index >= 15 is 0 Å². The molecule has 0 heterocycles. The van der Waals surface area contributed by atoms with Crippen molar-refractivity contribution >= 4 is 17.4 Å². The lowest BCUT2D eigenvalue weighted by molar-refractivity contribution is 0.103. The quantitative estimate of drug-likeness (QED) is 0.737. The van der Waals surface area contributed by atoms with Crippen molar-refractivity contribution in [3.05, 3.63) is 69.5 Å². The molecule has 0 aliphatic carbocycles. The van der Waals surface area contributed by atoms with Crippen LogP contribution >= 0.6 is 11.6 Å². The number of ketones is 1. The molecule has 0 amide bonds. The zero-order valence-corrected chi connectivity index (χ0v) is 10.9. The Morgan fingerprint density at radius 1 is 1.06 bits per heavy atom. The van der Waals surface area contributed by atoms with Crippen LogP contribution in [0, 0.1) is 19.7 Å². The lowest BCUT2D eigenvalue weighted by Gasteiger charge is -2.05. The first kappa shape index (κ1) is 12.8. The van der Waals surface area contributed by atoms with Gasteiger partial charge in [-0.1, -0.05) is 23.7 Å². The van der Waals surface area contributed by atoms with Crippen molar-refractivity contribution in [2.45, 2.75) is 13.8 Å². The minimum atomic E-state index is -0.375. The van der Waals surface area contributed by atoms with Crippen LogP contribution in [0.4, 0.5) is 4.39 Å². The SMILES string of the molecule is Cc1cc(Cl)cc(C(=O)c2ccc(C)c(F)c2)c1. The fourth-order valence-corrected chi connectivity index (χ4v) is 2.06. The second kappa shape index (κ2) is 4.91. The Bertz CT molecular complexity index is 600. The Labute approximate surface area is 110 Å². The second-order valence-electron chi connectivity index (χ2n) is 4.31. The van der Waals surface area contributed by atoms with Crippen LogP contribution in [0.1, 0.15) is 27.0 Å². The Balaban J connectivity index is 2.44. The van der Waals surface area contributed by atoms with Gasteiger partial charge in [0.15, 0.2) is 5.78 Å². The van der Waals surface area contributed by atoms with Crippen LogP contribution in [-0.2, 0) is 0 Å². The standard InChI is InChI=1S/C15H12ClFO/c1-9-5-12(7-13(16)6-9)15(18)11-4-3-10(2)14(17)8-11/h3-8H,1-2H3. The third-order valence-electron chi connectivity index (χ3n) is 2.74. The zero-order chi connectivity index (χ0) is 13.3. The van der Waals surface area contributed by atoms with Gasteiger partial charge in [-0.3, -0.25) is 4.79 Å². The van der Waals surface area contributed by atoms with Crippen molar-refractivity contribution in [1.82, 2.24) is 0 Å². The van der Waals surface area contributed by atoms with Crippen LogP contribution in [-0.4, -0.2) is 5.78 Å². The first-order chi connectivity index (χ1) is 8.47. The van der Waals surface area contributed by atoms with Crippen molar-refractivity contribution in [2.75, 3.05) is 0 Å². The molecule has 0 aliphatic heterocycles. The largest absolute Gasteiger partial charge is 0.289 e. The van der Waals surface area contributed by atoms with Crippen LogP contribution in [0.5, 0.6) is 0 Å². The Morgan fingerprint density at radius 2 is 1.78 bits per heavy atom. The third-order valence-corrected chi connectivity index (χ3v) is 2.96. The molecule has 0 saturated carbocycles. The summed E-state index contributed by atoms with van der Waals surface area (Å²) in [6.45, 7) is 3.52. The number of aryl methyl sites for hydroxylation is 2. The van der Waals surface area contributed by atoms with E-state index < -0.39 is 0 Å². The summed E-state index contributed by atoms with van der Waals surface area (Å²) in [6, 6.07) is 9.58. The maximum Gasteiger partial charge on any atom is 0.193 e. The zero-order valence-electron chi connectivity index (χ0n) is 10.1. The van der Waals surface area contributed by atoms with Gasteiger partial charge in [0.2, 0.25) is 0 Å². The molecule has 2 aromatic carbocycles. The van der Waals surface area contributed by atoms with Crippen LogP contribution in [0.2, 0.25) is 5.02 Å². The van der Waals surface area contributed by atoms with E-state index in [9.17, 15) is 9.18 Å². The predicted octanol–water partition coefficient (Wildman–Crippen LogP) is 4.33. The van der Waals surface area contributed by atoms with Gasteiger partial charge in [-0.25, -0.2) is 4.39 Å². The minimum absolute atomic E-state index is 0.223. The molecule has 1 nitrogen and oxygen atoms in total. The summed E-state index contributed by atoms with van der Waals surface area (Å²) in [4.78, 5) is 12.2. The minimum Gasteiger partial charge on any atom is -0.289 e. The van der Waals surface area contributed by atoms with Gasteiger partial charge in [0.05, 0.1) is 0 Å². The van der Waals surface area contributed by atoms with E-state index in [0.717, 1.165) is 5.56 Å². The van der Waals surface area contributed by atoms with E-state index in [1.54, 1.807) is 37.3 Å². The Kier molecular flexibility index (Phi) is 3.48. The summed E-state index contributed by atoms with van der Waals surface area (Å²) in [5.41, 5.74) is 2.23. The molecule has 3 heteroatoms. The van der Waals surface area contributed by atoms with Gasteiger partial charge in [-0.15, -0.1) is 0 Å². The molecule has 0 spiro atoms. The number of carbonyl (C=O) groups excluding carboxylic acids is 1. The summed E-state index contributed by atoms with van der Waals surface area (Å²) in [7, 11) is 0. The van der Waals surface area contributed by atoms with E-state index in [0.29, 0.717) is 21.7 Å². The first-order valence-electron chi connectivity index (χ1n) is 5.55. The molecular weight excluding hydrogens is 251 g/mol. The number of benzene rings is 2. The molecule has 92 valence electrons. The smallest absolute Gasteiger partial charge is 0.193 e. The highest BCUT2D eigenvalue weighted by molar-refractivity contribution is 6.31. The van der Waals surface area contributed by atoms with E-state index in [-0.39, 0.29) is 11.6 Å². The van der Waals surface area contributed by atoms with Crippen molar-refractivity contribution in [2.24, 2.45) is 0 Å². The third kappa shape index (κ3) is 2.59. The highest BCUT2D eigenvalue weighted by Crippen LogP contribution is 2.19. The first-order valence-corrected chi connectivity index (χ1v) is 5.93. The molecular formula is C15H12ClFO. The van der Waals surface area contributed by atoms with Gasteiger partial charge >= 0.3 is 0 Å². The molecule has 0 radical (unpaired) electrons. The van der Waals surface area contributed by atoms with Gasteiger partial charge in [-0.05, 0) is 49.2 Å². The molecule has 0 atom stereocenters. The van der Waals surface area contributed by atoms with Gasteiger partial charge in [0, 0.05) is 16.1 Å². The van der Waals surface area contributed by atoms with Crippen molar-refractivity contribution in [1.29, 1.82) is 0 Å². The highest BCUT2D eigenvalue weighted by Gasteiger charge is 2.11. The van der Waals surface area contributed by atoms with Crippen LogP contribution < -0.4 is 0 Å². The average molecular weight is 263 g/mol. The van der Waals surface area contributed by atoms with E-state index in [1.165, 1.54) is 6.07 Å². The topological polar surface area (TPSA) is 17.1 Å². The van der Waals surface area contributed by atoms with E-state index in [4.69, 9.17) is 11.6 Å². The van der Waals surface area contributed by atoms with E-state index in [1.807, 2.05) is 6.92 Å². The predicted molar refractivity (Wildman–Crippen MR) is 70.8 cm³/mol. The monoisotopic (exact) mass is 262 g/mol. The summed E-state index contributed by atoms with van der Waals surface area (Å²) in [5, 5.41) is 0.505. The number of halogens is 2. The molecule has 2 rings (SSSR count). The van der Waals surface area contributed by atoms with Crippen molar-refractivity contribution in [3.8, 4) is 0 Å². The molecule has 0 fully saturated rings. The molecule has 0 saturated heterocycles. The van der Waals surface area contributed by atoms with Gasteiger partial charge in [0.25, 0.3) is 0 Å². The normalized spacial score (nSPS) is 10.4. The maximum absolute atomic E-state index is 13.4. The number of rotatable bonds is 2. The van der Waals surface area contributed by atoms with Gasteiger partial charge < -0.3 is 0 Å². The fraction of sp³-hybridized carbons (Fsp3) is 0.133. The molecule has 0 aromatic heterocycles. The molecule has 2 aromatic rings. The lowest BCUT2D eigenvalue weighted by atomic mass is 10.0. The summed E-state index contributed by atoms with van der Waals surface area (Å²) in [5.74, 6) is -0.598. The number of hydrogen-bond acceptors (Lipinski definition) is 1. The van der Waals surface area contributed by atoms with Crippen molar-refractivity contribution in [3.63, 3.8) is 0 Å². The summed E-state index contributed by atoms with van der Waals surface area (Å²) < 4.78 is 13.4. The second-order valence-corrected chi connectivity index (χ2v) is 4.75. The highest BCUT2D eigenvalue weighted by atomic mass is 35.5. The molecule has 0 unspecified atom stereocenters. The summed E-state index contributed by atoms with van der Waals surface area (Å²) >= 11 is 5.91.